The van der Waals surface area contributed by atoms with Gasteiger partial charge in [0, 0.05) is 31.7 Å². The molecular weight excluding hydrogens is 473 g/mol. The number of hydrogen-bond acceptors (Lipinski definition) is 8. The number of benzene rings is 1. The van der Waals surface area contributed by atoms with E-state index in [9.17, 15) is 0 Å². The minimum atomic E-state index is 0.428. The third-order valence-corrected chi connectivity index (χ3v) is 6.91. The van der Waals surface area contributed by atoms with E-state index in [0.717, 1.165) is 57.4 Å². The monoisotopic (exact) mass is 499 g/mol. The van der Waals surface area contributed by atoms with Crippen LogP contribution in [0.1, 0.15) is 44.3 Å². The third kappa shape index (κ3) is 5.28. The van der Waals surface area contributed by atoms with Gasteiger partial charge in [0.15, 0.2) is 0 Å². The third-order valence-electron chi connectivity index (χ3n) is 6.09. The molecule has 0 bridgehead atoms. The second-order valence-electron chi connectivity index (χ2n) is 8.53. The molecule has 34 heavy (non-hydrogen) atoms. The molecule has 4 heterocycles. The van der Waals surface area contributed by atoms with Crippen molar-refractivity contribution in [1.29, 1.82) is 0 Å². The molecule has 10 heteroatoms. The number of nitrogens with one attached hydrogen (secondary N) is 1. The van der Waals surface area contributed by atoms with Gasteiger partial charge in [-0.1, -0.05) is 29.3 Å². The summed E-state index contributed by atoms with van der Waals surface area (Å²) in [7, 11) is 0. The van der Waals surface area contributed by atoms with Gasteiger partial charge in [0.25, 0.3) is 0 Å². The quantitative estimate of drug-likeness (QED) is 0.335. The van der Waals surface area contributed by atoms with Crippen LogP contribution in [0.2, 0.25) is 10.0 Å². The topological polar surface area (TPSA) is 82.7 Å². The summed E-state index contributed by atoms with van der Waals surface area (Å²) >= 11 is 12.4. The lowest BCUT2D eigenvalue weighted by Crippen LogP contribution is -2.34. The normalized spacial score (nSPS) is 16.9. The van der Waals surface area contributed by atoms with Gasteiger partial charge >= 0.3 is 0 Å². The largest absolute Gasteiger partial charge is 0.455 e. The Labute approximate surface area is 209 Å². The zero-order valence-electron chi connectivity index (χ0n) is 18.9. The highest BCUT2D eigenvalue weighted by Crippen LogP contribution is 2.34. The van der Waals surface area contributed by atoms with E-state index in [1.165, 1.54) is 12.8 Å². The molecule has 0 atom stereocenters. The number of piperidine rings is 2. The molecule has 5 rings (SSSR count). The summed E-state index contributed by atoms with van der Waals surface area (Å²) in [6, 6.07) is 9.10. The minimum absolute atomic E-state index is 0.428. The molecule has 178 valence electrons. The van der Waals surface area contributed by atoms with Crippen LogP contribution < -0.4 is 15.2 Å². The SMILES string of the molecule is Clc1cccc(-c2ccc(/C=N\Nc3nc(N4CCCCC4)nc(N4CCCCC4)n3)o2)c1Cl. The maximum absolute atomic E-state index is 6.31. The molecule has 0 spiro atoms. The summed E-state index contributed by atoms with van der Waals surface area (Å²) in [5, 5.41) is 5.26. The second-order valence-corrected chi connectivity index (χ2v) is 9.31. The van der Waals surface area contributed by atoms with E-state index in [2.05, 4.69) is 30.3 Å². The van der Waals surface area contributed by atoms with Crippen LogP contribution >= 0.6 is 23.2 Å². The highest BCUT2D eigenvalue weighted by atomic mass is 35.5. The minimum Gasteiger partial charge on any atom is -0.455 e. The molecule has 0 unspecified atom stereocenters. The highest BCUT2D eigenvalue weighted by Gasteiger charge is 2.20. The van der Waals surface area contributed by atoms with Gasteiger partial charge < -0.3 is 14.2 Å². The van der Waals surface area contributed by atoms with Crippen LogP contribution in [0, 0.1) is 0 Å². The fraction of sp³-hybridized carbons (Fsp3) is 0.417. The number of nitrogens with zero attached hydrogens (tertiary/aromatic N) is 6. The van der Waals surface area contributed by atoms with Crippen molar-refractivity contribution < 1.29 is 4.42 Å². The molecular formula is C24H27Cl2N7O. The first kappa shape index (κ1) is 22.9. The fourth-order valence-electron chi connectivity index (χ4n) is 4.29. The predicted octanol–water partition coefficient (Wildman–Crippen LogP) is 5.87. The van der Waals surface area contributed by atoms with Crippen LogP contribution in [0.25, 0.3) is 11.3 Å². The molecule has 0 saturated carbocycles. The van der Waals surface area contributed by atoms with Crippen LogP contribution in [0.4, 0.5) is 17.8 Å². The highest BCUT2D eigenvalue weighted by molar-refractivity contribution is 6.43. The number of hydrazone groups is 1. The van der Waals surface area contributed by atoms with Crippen molar-refractivity contribution in [3.05, 3.63) is 46.1 Å². The lowest BCUT2D eigenvalue weighted by molar-refractivity contribution is 0.556. The lowest BCUT2D eigenvalue weighted by Gasteiger charge is -2.30. The maximum atomic E-state index is 6.31. The van der Waals surface area contributed by atoms with Gasteiger partial charge in [-0.05, 0) is 62.8 Å². The van der Waals surface area contributed by atoms with Crippen LogP contribution in [-0.4, -0.2) is 47.3 Å². The smallest absolute Gasteiger partial charge is 0.250 e. The molecule has 2 aromatic heterocycles. The standard InChI is InChI=1S/C24H27Cl2N7O/c25-19-9-7-8-18(21(19)26)20-11-10-17(34-20)16-27-31-22-28-23(32-12-3-1-4-13-32)30-24(29-22)33-14-5-2-6-15-33/h7-11,16H,1-6,12-15H2,(H,28,29,30,31)/b27-16-. The zero-order valence-corrected chi connectivity index (χ0v) is 20.4. The fourth-order valence-corrected chi connectivity index (χ4v) is 4.68. The van der Waals surface area contributed by atoms with Gasteiger partial charge in [0.2, 0.25) is 17.8 Å². The summed E-state index contributed by atoms with van der Waals surface area (Å²) < 4.78 is 5.88. The number of aromatic nitrogens is 3. The first-order valence-electron chi connectivity index (χ1n) is 11.8. The van der Waals surface area contributed by atoms with E-state index in [1.807, 2.05) is 24.3 Å². The van der Waals surface area contributed by atoms with E-state index >= 15 is 0 Å². The Balaban J connectivity index is 1.34. The summed E-state index contributed by atoms with van der Waals surface area (Å²) in [5.74, 6) is 3.04. The number of hydrogen-bond donors (Lipinski definition) is 1. The molecule has 2 saturated heterocycles. The van der Waals surface area contributed by atoms with Crippen molar-refractivity contribution in [3.63, 3.8) is 0 Å². The molecule has 8 nitrogen and oxygen atoms in total. The van der Waals surface area contributed by atoms with Crippen LogP contribution in [0.15, 0.2) is 39.9 Å². The Morgan fingerprint density at radius 1 is 0.824 bits per heavy atom. The van der Waals surface area contributed by atoms with Crippen molar-refractivity contribution in [3.8, 4) is 11.3 Å². The average molecular weight is 500 g/mol. The zero-order chi connectivity index (χ0) is 23.3. The Morgan fingerprint density at radius 2 is 1.47 bits per heavy atom. The van der Waals surface area contributed by atoms with Gasteiger partial charge in [0.05, 0.1) is 16.3 Å². The van der Waals surface area contributed by atoms with Crippen molar-refractivity contribution in [1.82, 2.24) is 15.0 Å². The number of furan rings is 1. The van der Waals surface area contributed by atoms with Crippen LogP contribution in [0.5, 0.6) is 0 Å². The van der Waals surface area contributed by atoms with Gasteiger partial charge in [-0.3, -0.25) is 0 Å². The Morgan fingerprint density at radius 3 is 2.12 bits per heavy atom. The Hall–Kier alpha value is -2.84. The van der Waals surface area contributed by atoms with Crippen molar-refractivity contribution >= 4 is 47.3 Å². The maximum Gasteiger partial charge on any atom is 0.250 e. The molecule has 2 aliphatic rings. The van der Waals surface area contributed by atoms with Crippen molar-refractivity contribution in [2.75, 3.05) is 41.4 Å². The molecule has 0 aliphatic carbocycles. The second kappa shape index (κ2) is 10.6. The lowest BCUT2D eigenvalue weighted by atomic mass is 10.1. The molecule has 2 aliphatic heterocycles. The van der Waals surface area contributed by atoms with Crippen LogP contribution in [-0.2, 0) is 0 Å². The van der Waals surface area contributed by atoms with Gasteiger partial charge in [0.1, 0.15) is 11.5 Å². The summed E-state index contributed by atoms with van der Waals surface area (Å²) in [4.78, 5) is 18.6. The molecule has 3 aromatic rings. The van der Waals surface area contributed by atoms with Crippen molar-refractivity contribution in [2.45, 2.75) is 38.5 Å². The Kier molecular flexibility index (Phi) is 7.16. The van der Waals surface area contributed by atoms with Crippen molar-refractivity contribution in [2.24, 2.45) is 5.10 Å². The van der Waals surface area contributed by atoms with Gasteiger partial charge in [-0.15, -0.1) is 0 Å². The van der Waals surface area contributed by atoms with Crippen LogP contribution in [0.3, 0.4) is 0 Å². The number of halogens is 2. The first-order chi connectivity index (χ1) is 16.7. The summed E-state index contributed by atoms with van der Waals surface area (Å²) in [6.45, 7) is 3.86. The molecule has 2 fully saturated rings. The van der Waals surface area contributed by atoms with E-state index in [4.69, 9.17) is 32.6 Å². The summed E-state index contributed by atoms with van der Waals surface area (Å²) in [6.07, 6.45) is 8.72. The number of rotatable bonds is 6. The van der Waals surface area contributed by atoms with Gasteiger partial charge in [-0.25, -0.2) is 5.43 Å². The van der Waals surface area contributed by atoms with E-state index in [1.54, 1.807) is 12.3 Å². The number of anilines is 3. The molecule has 1 aromatic carbocycles. The average Bonchev–Trinajstić information content (AvgIpc) is 3.35. The van der Waals surface area contributed by atoms with E-state index < -0.39 is 0 Å². The van der Waals surface area contributed by atoms with Gasteiger partial charge in [-0.2, -0.15) is 20.1 Å². The molecule has 0 amide bonds. The predicted molar refractivity (Wildman–Crippen MR) is 137 cm³/mol. The Bertz CT molecular complexity index is 1120. The van der Waals surface area contributed by atoms with E-state index in [0.29, 0.717) is 39.4 Å². The molecule has 1 N–H and O–H groups in total. The van der Waals surface area contributed by atoms with E-state index in [-0.39, 0.29) is 0 Å². The first-order valence-corrected chi connectivity index (χ1v) is 12.5. The summed E-state index contributed by atoms with van der Waals surface area (Å²) in [5.41, 5.74) is 3.70. The molecule has 0 radical (unpaired) electrons.